The highest BCUT2D eigenvalue weighted by atomic mass is 16.5. The van der Waals surface area contributed by atoms with Crippen LogP contribution in [0.15, 0.2) is 60.9 Å². The van der Waals surface area contributed by atoms with Crippen LogP contribution in [0.1, 0.15) is 18.1 Å². The molecule has 0 aliphatic carbocycles. The standard InChI is InChI=1S/C25H25N5O2/c1-18(31)14-20-8-5-9-21(15-20)22-23-24(28-25(27-22)29-10-12-32-13-11-29)30(17-26-23)16-19-6-3-2-4-7-19/h2-9,15,17H,10-14,16H2,1H3. The summed E-state index contributed by atoms with van der Waals surface area (Å²) in [6, 6.07) is 18.3. The Balaban J connectivity index is 1.63. The Kier molecular flexibility index (Phi) is 5.64. The summed E-state index contributed by atoms with van der Waals surface area (Å²) in [7, 11) is 0. The molecular formula is C25H25N5O2. The van der Waals surface area contributed by atoms with E-state index in [-0.39, 0.29) is 5.78 Å². The topological polar surface area (TPSA) is 73.1 Å². The van der Waals surface area contributed by atoms with Crippen molar-refractivity contribution >= 4 is 22.9 Å². The van der Waals surface area contributed by atoms with Gasteiger partial charge in [-0.15, -0.1) is 0 Å². The number of carbonyl (C=O) groups is 1. The number of hydrogen-bond acceptors (Lipinski definition) is 6. The quantitative estimate of drug-likeness (QED) is 0.469. The average Bonchev–Trinajstić information content (AvgIpc) is 3.22. The molecule has 0 bridgehead atoms. The number of nitrogens with zero attached hydrogens (tertiary/aromatic N) is 5. The van der Waals surface area contributed by atoms with Crippen LogP contribution in [0.3, 0.4) is 0 Å². The SMILES string of the molecule is CC(=O)Cc1cccc(-c2nc(N3CCOCC3)nc3c2ncn3Cc2ccccc2)c1. The van der Waals surface area contributed by atoms with E-state index in [0.717, 1.165) is 41.1 Å². The van der Waals surface area contributed by atoms with Gasteiger partial charge >= 0.3 is 0 Å². The van der Waals surface area contributed by atoms with Crippen LogP contribution in [-0.4, -0.2) is 51.6 Å². The van der Waals surface area contributed by atoms with Gasteiger partial charge in [0.05, 0.1) is 26.1 Å². The average molecular weight is 428 g/mol. The third-order valence-corrected chi connectivity index (χ3v) is 5.60. The molecule has 2 aromatic heterocycles. The number of anilines is 1. The lowest BCUT2D eigenvalue weighted by molar-refractivity contribution is -0.116. The van der Waals surface area contributed by atoms with Crippen molar-refractivity contribution in [2.45, 2.75) is 19.9 Å². The van der Waals surface area contributed by atoms with Gasteiger partial charge in [-0.3, -0.25) is 4.79 Å². The molecule has 0 N–H and O–H groups in total. The van der Waals surface area contributed by atoms with Gasteiger partial charge in [-0.25, -0.2) is 9.97 Å². The van der Waals surface area contributed by atoms with Crippen LogP contribution in [0.2, 0.25) is 0 Å². The van der Waals surface area contributed by atoms with E-state index in [2.05, 4.69) is 21.6 Å². The summed E-state index contributed by atoms with van der Waals surface area (Å²) in [5.41, 5.74) is 5.45. The summed E-state index contributed by atoms with van der Waals surface area (Å²) in [5, 5.41) is 0. The molecule has 7 nitrogen and oxygen atoms in total. The first kappa shape index (κ1) is 20.3. The predicted molar refractivity (Wildman–Crippen MR) is 124 cm³/mol. The third kappa shape index (κ3) is 4.24. The maximum absolute atomic E-state index is 11.7. The molecule has 7 heteroatoms. The van der Waals surface area contributed by atoms with Crippen LogP contribution >= 0.6 is 0 Å². The van der Waals surface area contributed by atoms with E-state index in [0.29, 0.717) is 32.1 Å². The van der Waals surface area contributed by atoms with Gasteiger partial charge in [0.2, 0.25) is 5.95 Å². The molecule has 5 rings (SSSR count). The molecular weight excluding hydrogens is 402 g/mol. The van der Waals surface area contributed by atoms with Crippen LogP contribution < -0.4 is 4.90 Å². The van der Waals surface area contributed by atoms with Crippen molar-refractivity contribution in [1.29, 1.82) is 0 Å². The Bertz CT molecular complexity index is 1250. The van der Waals surface area contributed by atoms with Gasteiger partial charge in [0.15, 0.2) is 5.65 Å². The minimum Gasteiger partial charge on any atom is -0.378 e. The molecule has 3 heterocycles. The van der Waals surface area contributed by atoms with Gasteiger partial charge < -0.3 is 14.2 Å². The van der Waals surface area contributed by atoms with E-state index in [1.807, 2.05) is 48.8 Å². The number of hydrogen-bond donors (Lipinski definition) is 0. The van der Waals surface area contributed by atoms with E-state index in [9.17, 15) is 4.79 Å². The van der Waals surface area contributed by atoms with Crippen molar-refractivity contribution in [2.24, 2.45) is 0 Å². The smallest absolute Gasteiger partial charge is 0.228 e. The second kappa shape index (κ2) is 8.88. The fraction of sp³-hybridized carbons (Fsp3) is 0.280. The molecule has 0 saturated carbocycles. The molecule has 1 fully saturated rings. The second-order valence-corrected chi connectivity index (χ2v) is 8.08. The molecule has 0 spiro atoms. The number of ether oxygens (including phenoxy) is 1. The minimum absolute atomic E-state index is 0.135. The van der Waals surface area contributed by atoms with E-state index < -0.39 is 0 Å². The molecule has 0 amide bonds. The molecule has 1 aliphatic heterocycles. The van der Waals surface area contributed by atoms with Crippen molar-refractivity contribution in [2.75, 3.05) is 31.2 Å². The van der Waals surface area contributed by atoms with Gasteiger partial charge in [-0.2, -0.15) is 4.98 Å². The van der Waals surface area contributed by atoms with Crippen LogP contribution in [0.4, 0.5) is 5.95 Å². The lowest BCUT2D eigenvalue weighted by atomic mass is 10.0. The molecule has 2 aromatic carbocycles. The van der Waals surface area contributed by atoms with Gasteiger partial charge in [-0.1, -0.05) is 48.5 Å². The van der Waals surface area contributed by atoms with Crippen molar-refractivity contribution in [3.63, 3.8) is 0 Å². The number of Topliss-reactive ketones (excluding diaryl/α,β-unsaturated/α-hetero) is 1. The van der Waals surface area contributed by atoms with Crippen molar-refractivity contribution in [3.05, 3.63) is 72.1 Å². The Morgan fingerprint density at radius 2 is 1.78 bits per heavy atom. The first-order chi connectivity index (χ1) is 15.7. The summed E-state index contributed by atoms with van der Waals surface area (Å²) in [4.78, 5) is 28.4. The van der Waals surface area contributed by atoms with Crippen LogP contribution in [-0.2, 0) is 22.5 Å². The number of ketones is 1. The molecule has 1 saturated heterocycles. The van der Waals surface area contributed by atoms with E-state index in [1.54, 1.807) is 6.92 Å². The first-order valence-corrected chi connectivity index (χ1v) is 10.9. The molecule has 0 unspecified atom stereocenters. The number of carbonyl (C=O) groups excluding carboxylic acids is 1. The molecule has 0 radical (unpaired) electrons. The molecule has 0 atom stereocenters. The minimum atomic E-state index is 0.135. The summed E-state index contributed by atoms with van der Waals surface area (Å²) in [6.45, 7) is 5.12. The predicted octanol–water partition coefficient (Wildman–Crippen LogP) is 3.51. The van der Waals surface area contributed by atoms with Gasteiger partial charge in [0.1, 0.15) is 17.0 Å². The molecule has 162 valence electrons. The normalized spacial score (nSPS) is 14.1. The molecule has 4 aromatic rings. The maximum Gasteiger partial charge on any atom is 0.228 e. The maximum atomic E-state index is 11.7. The van der Waals surface area contributed by atoms with Gasteiger partial charge in [0.25, 0.3) is 0 Å². The Morgan fingerprint density at radius 3 is 2.56 bits per heavy atom. The summed E-state index contributed by atoms with van der Waals surface area (Å²) < 4.78 is 7.59. The molecule has 1 aliphatic rings. The number of imidazole rings is 1. The lowest BCUT2D eigenvalue weighted by Gasteiger charge is -2.27. The van der Waals surface area contributed by atoms with E-state index in [4.69, 9.17) is 19.7 Å². The van der Waals surface area contributed by atoms with Crippen molar-refractivity contribution in [1.82, 2.24) is 19.5 Å². The van der Waals surface area contributed by atoms with Crippen LogP contribution in [0.25, 0.3) is 22.4 Å². The highest BCUT2D eigenvalue weighted by Gasteiger charge is 2.20. The Morgan fingerprint density at radius 1 is 1.00 bits per heavy atom. The zero-order valence-corrected chi connectivity index (χ0v) is 18.1. The zero-order valence-electron chi connectivity index (χ0n) is 18.1. The fourth-order valence-electron chi connectivity index (χ4n) is 4.05. The Hall–Kier alpha value is -3.58. The number of benzene rings is 2. The summed E-state index contributed by atoms with van der Waals surface area (Å²) >= 11 is 0. The fourth-order valence-corrected chi connectivity index (χ4v) is 4.05. The van der Waals surface area contributed by atoms with Gasteiger partial charge in [-0.05, 0) is 24.1 Å². The largest absolute Gasteiger partial charge is 0.378 e. The van der Waals surface area contributed by atoms with Crippen LogP contribution in [0.5, 0.6) is 0 Å². The van der Waals surface area contributed by atoms with Crippen LogP contribution in [0, 0.1) is 0 Å². The highest BCUT2D eigenvalue weighted by molar-refractivity contribution is 5.89. The zero-order chi connectivity index (χ0) is 21.9. The highest BCUT2D eigenvalue weighted by Crippen LogP contribution is 2.29. The van der Waals surface area contributed by atoms with Crippen molar-refractivity contribution in [3.8, 4) is 11.3 Å². The van der Waals surface area contributed by atoms with Crippen molar-refractivity contribution < 1.29 is 9.53 Å². The van der Waals surface area contributed by atoms with Gasteiger partial charge in [0, 0.05) is 25.1 Å². The third-order valence-electron chi connectivity index (χ3n) is 5.60. The number of aromatic nitrogens is 4. The molecule has 32 heavy (non-hydrogen) atoms. The number of rotatable bonds is 6. The first-order valence-electron chi connectivity index (χ1n) is 10.9. The summed E-state index contributed by atoms with van der Waals surface area (Å²) in [6.07, 6.45) is 2.24. The Labute approximate surface area is 186 Å². The van der Waals surface area contributed by atoms with E-state index >= 15 is 0 Å². The number of fused-ring (bicyclic) bond motifs is 1. The van der Waals surface area contributed by atoms with E-state index in [1.165, 1.54) is 5.56 Å². The second-order valence-electron chi connectivity index (χ2n) is 8.08. The monoisotopic (exact) mass is 427 g/mol. The number of morpholine rings is 1. The lowest BCUT2D eigenvalue weighted by Crippen LogP contribution is -2.37. The summed E-state index contributed by atoms with van der Waals surface area (Å²) in [5.74, 6) is 0.818.